The summed E-state index contributed by atoms with van der Waals surface area (Å²) in [5, 5.41) is 22.2. The van der Waals surface area contributed by atoms with Crippen LogP contribution < -0.4 is 5.32 Å². The van der Waals surface area contributed by atoms with Crippen molar-refractivity contribution in [2.45, 2.75) is 13.0 Å². The van der Waals surface area contributed by atoms with Crippen LogP contribution in [-0.4, -0.2) is 46.7 Å². The number of phenols is 2. The van der Waals surface area contributed by atoms with Crippen molar-refractivity contribution in [3.8, 4) is 11.5 Å². The first-order chi connectivity index (χ1) is 8.08. The smallest absolute Gasteiger partial charge is 0.257 e. The van der Waals surface area contributed by atoms with Crippen LogP contribution in [0.4, 0.5) is 0 Å². The summed E-state index contributed by atoms with van der Waals surface area (Å²) in [5.74, 6) is -0.361. The largest absolute Gasteiger partial charge is 0.508 e. The maximum Gasteiger partial charge on any atom is 0.257 e. The number of hydrogen-bond acceptors (Lipinski definition) is 4. The van der Waals surface area contributed by atoms with Gasteiger partial charge in [0, 0.05) is 25.7 Å². The Bertz CT molecular complexity index is 434. The van der Waals surface area contributed by atoms with Crippen LogP contribution in [0.5, 0.6) is 11.5 Å². The van der Waals surface area contributed by atoms with Crippen LogP contribution in [0.1, 0.15) is 17.3 Å². The predicted molar refractivity (Wildman–Crippen MR) is 63.1 cm³/mol. The summed E-state index contributed by atoms with van der Waals surface area (Å²) in [5.41, 5.74) is 0.152. The molecule has 1 aromatic rings. The Balaban J connectivity index is 2.21. The van der Waals surface area contributed by atoms with Crippen LogP contribution in [-0.2, 0) is 0 Å². The number of phenolic OH excluding ortho intramolecular Hbond substituents is 2. The molecule has 2 rings (SSSR count). The zero-order chi connectivity index (χ0) is 12.4. The van der Waals surface area contributed by atoms with Gasteiger partial charge >= 0.3 is 0 Å². The van der Waals surface area contributed by atoms with E-state index >= 15 is 0 Å². The van der Waals surface area contributed by atoms with E-state index in [0.717, 1.165) is 6.54 Å². The summed E-state index contributed by atoms with van der Waals surface area (Å²) in [7, 11) is 0. The molecule has 1 aliphatic heterocycles. The zero-order valence-corrected chi connectivity index (χ0v) is 9.68. The summed E-state index contributed by atoms with van der Waals surface area (Å²) in [4.78, 5) is 13.8. The third-order valence-electron chi connectivity index (χ3n) is 2.87. The molecule has 1 saturated heterocycles. The Kier molecular flexibility index (Phi) is 3.19. The Labute approximate surface area is 99.7 Å². The average molecular weight is 236 g/mol. The number of amides is 1. The molecule has 1 aromatic carbocycles. The molecule has 0 spiro atoms. The van der Waals surface area contributed by atoms with Crippen LogP contribution >= 0.6 is 0 Å². The lowest BCUT2D eigenvalue weighted by Crippen LogP contribution is -2.51. The molecule has 17 heavy (non-hydrogen) atoms. The first-order valence-electron chi connectivity index (χ1n) is 5.62. The summed E-state index contributed by atoms with van der Waals surface area (Å²) in [6, 6.07) is 4.22. The predicted octanol–water partition coefficient (Wildman–Crippen LogP) is 0.532. The fraction of sp³-hybridized carbons (Fsp3) is 0.417. The van der Waals surface area contributed by atoms with Crippen LogP contribution in [0, 0.1) is 0 Å². The molecular formula is C12H16N2O3. The second-order valence-corrected chi connectivity index (χ2v) is 4.31. The molecule has 1 atom stereocenters. The molecule has 1 heterocycles. The molecule has 1 amide bonds. The van der Waals surface area contributed by atoms with Gasteiger partial charge in [-0.05, 0) is 25.1 Å². The second kappa shape index (κ2) is 4.63. The van der Waals surface area contributed by atoms with Crippen molar-refractivity contribution >= 4 is 5.91 Å². The Morgan fingerprint density at radius 1 is 1.47 bits per heavy atom. The number of benzene rings is 1. The van der Waals surface area contributed by atoms with Gasteiger partial charge in [0.15, 0.2) is 0 Å². The van der Waals surface area contributed by atoms with E-state index in [4.69, 9.17) is 0 Å². The molecule has 1 fully saturated rings. The second-order valence-electron chi connectivity index (χ2n) is 4.31. The first-order valence-corrected chi connectivity index (χ1v) is 5.62. The minimum Gasteiger partial charge on any atom is -0.508 e. The molecule has 0 aromatic heterocycles. The fourth-order valence-electron chi connectivity index (χ4n) is 1.98. The SMILES string of the molecule is C[C@H]1CN(C(=O)c2cc(O)ccc2O)CCN1. The van der Waals surface area contributed by atoms with E-state index in [-0.39, 0.29) is 29.0 Å². The summed E-state index contributed by atoms with van der Waals surface area (Å²) in [6.45, 7) is 3.96. The minimum atomic E-state index is -0.244. The van der Waals surface area contributed by atoms with Gasteiger partial charge in [-0.25, -0.2) is 0 Å². The number of nitrogens with zero attached hydrogens (tertiary/aromatic N) is 1. The van der Waals surface area contributed by atoms with Gasteiger partial charge in [-0.3, -0.25) is 4.79 Å². The van der Waals surface area contributed by atoms with Gasteiger partial charge in [0.05, 0.1) is 5.56 Å². The Hall–Kier alpha value is -1.75. The maximum absolute atomic E-state index is 12.1. The first kappa shape index (κ1) is 11.7. The van der Waals surface area contributed by atoms with E-state index in [1.165, 1.54) is 18.2 Å². The van der Waals surface area contributed by atoms with Gasteiger partial charge in [0.2, 0.25) is 0 Å². The van der Waals surface area contributed by atoms with Crippen molar-refractivity contribution in [3.63, 3.8) is 0 Å². The Morgan fingerprint density at radius 2 is 2.24 bits per heavy atom. The number of rotatable bonds is 1. The van der Waals surface area contributed by atoms with Gasteiger partial charge in [-0.1, -0.05) is 0 Å². The molecule has 5 nitrogen and oxygen atoms in total. The molecule has 0 unspecified atom stereocenters. The maximum atomic E-state index is 12.1. The van der Waals surface area contributed by atoms with Gasteiger partial charge in [0.1, 0.15) is 11.5 Å². The fourth-order valence-corrected chi connectivity index (χ4v) is 1.98. The van der Waals surface area contributed by atoms with Crippen molar-refractivity contribution in [1.29, 1.82) is 0 Å². The number of aromatic hydroxyl groups is 2. The summed E-state index contributed by atoms with van der Waals surface area (Å²) in [6.07, 6.45) is 0. The highest BCUT2D eigenvalue weighted by Crippen LogP contribution is 2.23. The summed E-state index contributed by atoms with van der Waals surface area (Å²) >= 11 is 0. The van der Waals surface area contributed by atoms with Crippen molar-refractivity contribution in [3.05, 3.63) is 23.8 Å². The molecule has 92 valence electrons. The zero-order valence-electron chi connectivity index (χ0n) is 9.68. The van der Waals surface area contributed by atoms with E-state index in [1.54, 1.807) is 4.90 Å². The van der Waals surface area contributed by atoms with Crippen LogP contribution in [0.15, 0.2) is 18.2 Å². The molecule has 1 aliphatic rings. The van der Waals surface area contributed by atoms with E-state index < -0.39 is 0 Å². The van der Waals surface area contributed by atoms with Gasteiger partial charge in [-0.15, -0.1) is 0 Å². The Morgan fingerprint density at radius 3 is 2.94 bits per heavy atom. The number of hydrogen-bond donors (Lipinski definition) is 3. The molecule has 3 N–H and O–H groups in total. The highest BCUT2D eigenvalue weighted by molar-refractivity contribution is 5.97. The van der Waals surface area contributed by atoms with E-state index in [1.807, 2.05) is 6.92 Å². The molecule has 5 heteroatoms. The van der Waals surface area contributed by atoms with Gasteiger partial charge < -0.3 is 20.4 Å². The number of carbonyl (C=O) groups is 1. The topological polar surface area (TPSA) is 72.8 Å². The van der Waals surface area contributed by atoms with Crippen LogP contribution in [0.3, 0.4) is 0 Å². The van der Waals surface area contributed by atoms with E-state index in [2.05, 4.69) is 5.32 Å². The molecule has 0 saturated carbocycles. The molecule has 0 radical (unpaired) electrons. The van der Waals surface area contributed by atoms with Crippen molar-refractivity contribution in [2.75, 3.05) is 19.6 Å². The normalized spacial score (nSPS) is 20.3. The highest BCUT2D eigenvalue weighted by atomic mass is 16.3. The number of piperazine rings is 1. The lowest BCUT2D eigenvalue weighted by Gasteiger charge is -2.32. The third kappa shape index (κ3) is 2.50. The molecule has 0 aliphatic carbocycles. The van der Waals surface area contributed by atoms with Crippen molar-refractivity contribution in [2.24, 2.45) is 0 Å². The van der Waals surface area contributed by atoms with E-state index in [0.29, 0.717) is 13.1 Å². The monoisotopic (exact) mass is 236 g/mol. The van der Waals surface area contributed by atoms with Crippen LogP contribution in [0.25, 0.3) is 0 Å². The quantitative estimate of drug-likeness (QED) is 0.622. The third-order valence-corrected chi connectivity index (χ3v) is 2.87. The summed E-state index contributed by atoms with van der Waals surface area (Å²) < 4.78 is 0. The highest BCUT2D eigenvalue weighted by Gasteiger charge is 2.23. The molecular weight excluding hydrogens is 220 g/mol. The van der Waals surface area contributed by atoms with Crippen molar-refractivity contribution < 1.29 is 15.0 Å². The number of nitrogens with one attached hydrogen (secondary N) is 1. The lowest BCUT2D eigenvalue weighted by molar-refractivity contribution is 0.0705. The van der Waals surface area contributed by atoms with Crippen LogP contribution in [0.2, 0.25) is 0 Å². The molecule has 0 bridgehead atoms. The number of carbonyl (C=O) groups excluding carboxylic acids is 1. The average Bonchev–Trinajstić information content (AvgIpc) is 2.31. The lowest BCUT2D eigenvalue weighted by atomic mass is 10.1. The van der Waals surface area contributed by atoms with Gasteiger partial charge in [-0.2, -0.15) is 0 Å². The van der Waals surface area contributed by atoms with E-state index in [9.17, 15) is 15.0 Å². The van der Waals surface area contributed by atoms with Crippen molar-refractivity contribution in [1.82, 2.24) is 10.2 Å². The van der Waals surface area contributed by atoms with Gasteiger partial charge in [0.25, 0.3) is 5.91 Å². The standard InChI is InChI=1S/C12H16N2O3/c1-8-7-14(5-4-13-8)12(17)10-6-9(15)2-3-11(10)16/h2-3,6,8,13,15-16H,4-5,7H2,1H3/t8-/m0/s1. The minimum absolute atomic E-state index is 0.0191.